The van der Waals surface area contributed by atoms with E-state index in [0.717, 1.165) is 10.3 Å². The zero-order chi connectivity index (χ0) is 13.7. The number of fused-ring (bicyclic) bond motifs is 2. The van der Waals surface area contributed by atoms with Crippen molar-refractivity contribution in [2.24, 2.45) is 0 Å². The Morgan fingerprint density at radius 3 is 3.15 bits per heavy atom. The van der Waals surface area contributed by atoms with Crippen LogP contribution in [0.5, 0.6) is 0 Å². The lowest BCUT2D eigenvalue weighted by Gasteiger charge is -2.24. The third-order valence-corrected chi connectivity index (χ3v) is 5.98. The molecule has 2 aromatic heterocycles. The van der Waals surface area contributed by atoms with Crippen LogP contribution in [0.15, 0.2) is 29.6 Å². The summed E-state index contributed by atoms with van der Waals surface area (Å²) >= 11 is 9.81. The van der Waals surface area contributed by atoms with Gasteiger partial charge in [0.15, 0.2) is 4.77 Å². The molecule has 0 radical (unpaired) electrons. The molecule has 1 aliphatic carbocycles. The van der Waals surface area contributed by atoms with E-state index in [9.17, 15) is 0 Å². The Hall–Kier alpha value is -0.660. The summed E-state index contributed by atoms with van der Waals surface area (Å²) in [6, 6.07) is 9.17. The van der Waals surface area contributed by atoms with E-state index in [2.05, 4.69) is 61.8 Å². The van der Waals surface area contributed by atoms with Crippen LogP contribution in [0.3, 0.4) is 0 Å². The molecule has 102 valence electrons. The maximum absolute atomic E-state index is 5.59. The van der Waals surface area contributed by atoms with E-state index in [1.54, 1.807) is 0 Å². The van der Waals surface area contributed by atoms with Crippen LogP contribution < -0.4 is 0 Å². The number of H-pyrrole nitrogens is 1. The molecule has 20 heavy (non-hydrogen) atoms. The van der Waals surface area contributed by atoms with Crippen LogP contribution in [0.25, 0.3) is 11.0 Å². The highest BCUT2D eigenvalue weighted by Crippen LogP contribution is 2.37. The molecule has 3 aromatic rings. The number of aryl methyl sites for hydroxylation is 1. The lowest BCUT2D eigenvalue weighted by atomic mass is 9.94. The average Bonchev–Trinajstić information content (AvgIpc) is 3.01. The predicted octanol–water partition coefficient (Wildman–Crippen LogP) is 5.29. The van der Waals surface area contributed by atoms with Crippen molar-refractivity contribution in [2.75, 3.05) is 0 Å². The summed E-state index contributed by atoms with van der Waals surface area (Å²) in [6.45, 7) is 0. The Kier molecular flexibility index (Phi) is 3.23. The standard InChI is InChI=1S/C15H13IN2S2/c16-9-4-5-13-11(8-9)17-15(19)18(13)12-2-1-3-14-10(12)6-7-20-14/h4-8,12H,1-3H2,(H,17,19). The van der Waals surface area contributed by atoms with Gasteiger partial charge in [-0.05, 0) is 89.3 Å². The molecule has 0 amide bonds. The summed E-state index contributed by atoms with van der Waals surface area (Å²) < 4.78 is 4.38. The number of nitrogens with zero attached hydrogens (tertiary/aromatic N) is 1. The minimum Gasteiger partial charge on any atom is -0.331 e. The van der Waals surface area contributed by atoms with Gasteiger partial charge < -0.3 is 9.55 Å². The van der Waals surface area contributed by atoms with Crippen LogP contribution in [-0.2, 0) is 6.42 Å². The van der Waals surface area contributed by atoms with Gasteiger partial charge in [0.2, 0.25) is 0 Å². The molecule has 0 saturated carbocycles. The van der Waals surface area contributed by atoms with Gasteiger partial charge >= 0.3 is 0 Å². The Labute approximate surface area is 140 Å². The first-order chi connectivity index (χ1) is 9.74. The number of benzene rings is 1. The highest BCUT2D eigenvalue weighted by atomic mass is 127. The lowest BCUT2D eigenvalue weighted by molar-refractivity contribution is 0.500. The molecular weight excluding hydrogens is 399 g/mol. The maximum Gasteiger partial charge on any atom is 0.178 e. The lowest BCUT2D eigenvalue weighted by Crippen LogP contribution is -2.15. The van der Waals surface area contributed by atoms with Crippen molar-refractivity contribution in [1.82, 2.24) is 9.55 Å². The first kappa shape index (κ1) is 13.0. The topological polar surface area (TPSA) is 20.7 Å². The Bertz CT molecular complexity index is 843. The van der Waals surface area contributed by atoms with Gasteiger partial charge in [-0.2, -0.15) is 0 Å². The molecule has 0 aliphatic heterocycles. The van der Waals surface area contributed by atoms with Crippen LogP contribution in [0, 0.1) is 8.34 Å². The van der Waals surface area contributed by atoms with Gasteiger partial charge in [0.25, 0.3) is 0 Å². The van der Waals surface area contributed by atoms with E-state index in [0.29, 0.717) is 6.04 Å². The third-order valence-electron chi connectivity index (χ3n) is 4.01. The van der Waals surface area contributed by atoms with Crippen molar-refractivity contribution < 1.29 is 0 Å². The molecule has 1 unspecified atom stereocenters. The molecule has 1 N–H and O–H groups in total. The molecule has 0 bridgehead atoms. The number of thiophene rings is 1. The van der Waals surface area contributed by atoms with Gasteiger partial charge in [-0.3, -0.25) is 0 Å². The Balaban J connectivity index is 1.96. The quantitative estimate of drug-likeness (QED) is 0.426. The first-order valence-electron chi connectivity index (χ1n) is 6.70. The van der Waals surface area contributed by atoms with Crippen molar-refractivity contribution in [3.63, 3.8) is 0 Å². The average molecular weight is 412 g/mol. The Morgan fingerprint density at radius 1 is 1.35 bits per heavy atom. The molecule has 4 rings (SSSR count). The van der Waals surface area contributed by atoms with Gasteiger partial charge in [0.1, 0.15) is 0 Å². The van der Waals surface area contributed by atoms with E-state index >= 15 is 0 Å². The third kappa shape index (κ3) is 1.98. The molecular formula is C15H13IN2S2. The van der Waals surface area contributed by atoms with Gasteiger partial charge in [-0.15, -0.1) is 11.3 Å². The van der Waals surface area contributed by atoms with Gasteiger partial charge in [-0.1, -0.05) is 0 Å². The predicted molar refractivity (Wildman–Crippen MR) is 95.2 cm³/mol. The highest BCUT2D eigenvalue weighted by Gasteiger charge is 2.24. The number of aromatic nitrogens is 2. The van der Waals surface area contributed by atoms with Crippen molar-refractivity contribution in [1.29, 1.82) is 0 Å². The Morgan fingerprint density at radius 2 is 2.25 bits per heavy atom. The fraction of sp³-hybridized carbons (Fsp3) is 0.267. The second kappa shape index (κ2) is 4.96. The second-order valence-corrected chi connectivity index (χ2v) is 7.80. The van der Waals surface area contributed by atoms with Crippen LogP contribution in [0.4, 0.5) is 0 Å². The number of imidazole rings is 1. The van der Waals surface area contributed by atoms with Gasteiger partial charge in [-0.25, -0.2) is 0 Å². The van der Waals surface area contributed by atoms with Crippen molar-refractivity contribution >= 4 is 57.2 Å². The number of rotatable bonds is 1. The van der Waals surface area contributed by atoms with E-state index in [-0.39, 0.29) is 0 Å². The smallest absolute Gasteiger partial charge is 0.178 e. The summed E-state index contributed by atoms with van der Waals surface area (Å²) in [6.07, 6.45) is 3.64. The van der Waals surface area contributed by atoms with Crippen LogP contribution in [0.2, 0.25) is 0 Å². The largest absolute Gasteiger partial charge is 0.331 e. The van der Waals surface area contributed by atoms with Crippen molar-refractivity contribution in [3.05, 3.63) is 48.4 Å². The molecule has 1 aromatic carbocycles. The second-order valence-electron chi connectivity index (χ2n) is 5.17. The number of hydrogen-bond acceptors (Lipinski definition) is 2. The summed E-state index contributed by atoms with van der Waals surface area (Å²) in [4.78, 5) is 4.90. The monoisotopic (exact) mass is 412 g/mol. The van der Waals surface area contributed by atoms with Crippen LogP contribution in [-0.4, -0.2) is 9.55 Å². The fourth-order valence-corrected chi connectivity index (χ4v) is 4.95. The molecule has 1 aliphatic rings. The zero-order valence-corrected chi connectivity index (χ0v) is 14.5. The highest BCUT2D eigenvalue weighted by molar-refractivity contribution is 14.1. The minimum atomic E-state index is 0.395. The molecule has 5 heteroatoms. The summed E-state index contributed by atoms with van der Waals surface area (Å²) in [7, 11) is 0. The SMILES string of the molecule is S=c1[nH]c2cc(I)ccc2n1C1CCCc2sccc21. The molecule has 1 atom stereocenters. The summed E-state index contributed by atoms with van der Waals surface area (Å²) in [5.74, 6) is 0. The molecule has 2 heterocycles. The zero-order valence-electron chi connectivity index (χ0n) is 10.7. The minimum absolute atomic E-state index is 0.395. The molecule has 2 nitrogen and oxygen atoms in total. The number of nitrogens with one attached hydrogen (secondary N) is 1. The van der Waals surface area contributed by atoms with Crippen molar-refractivity contribution in [2.45, 2.75) is 25.3 Å². The van der Waals surface area contributed by atoms with E-state index < -0.39 is 0 Å². The van der Waals surface area contributed by atoms with Crippen molar-refractivity contribution in [3.8, 4) is 0 Å². The fourth-order valence-electron chi connectivity index (χ4n) is 3.14. The summed E-state index contributed by atoms with van der Waals surface area (Å²) in [5, 5.41) is 2.21. The summed E-state index contributed by atoms with van der Waals surface area (Å²) in [5.41, 5.74) is 3.83. The first-order valence-corrected chi connectivity index (χ1v) is 9.07. The number of halogens is 1. The van der Waals surface area contributed by atoms with Gasteiger partial charge in [0.05, 0.1) is 17.1 Å². The molecule has 0 fully saturated rings. The maximum atomic E-state index is 5.59. The van der Waals surface area contributed by atoms with Crippen LogP contribution in [0.1, 0.15) is 29.3 Å². The molecule has 0 saturated heterocycles. The molecule has 0 spiro atoms. The number of aromatic amines is 1. The van der Waals surface area contributed by atoms with Gasteiger partial charge in [0, 0.05) is 8.45 Å². The number of hydrogen-bond donors (Lipinski definition) is 1. The van der Waals surface area contributed by atoms with E-state index in [1.165, 1.54) is 38.8 Å². The van der Waals surface area contributed by atoms with Crippen LogP contribution >= 0.6 is 46.1 Å². The normalized spacial score (nSPS) is 18.4. The van der Waals surface area contributed by atoms with E-state index in [1.807, 2.05) is 11.3 Å². The van der Waals surface area contributed by atoms with E-state index in [4.69, 9.17) is 12.2 Å².